The van der Waals surface area contributed by atoms with E-state index < -0.39 is 0 Å². The van der Waals surface area contributed by atoms with E-state index in [1.807, 2.05) is 56.3 Å². The van der Waals surface area contributed by atoms with Crippen LogP contribution in [0.2, 0.25) is 0 Å². The van der Waals surface area contributed by atoms with Gasteiger partial charge in [-0.2, -0.15) is 0 Å². The molecule has 4 nitrogen and oxygen atoms in total. The molecule has 3 aromatic rings. The summed E-state index contributed by atoms with van der Waals surface area (Å²) in [5.74, 6) is 0.487. The van der Waals surface area contributed by atoms with Crippen molar-refractivity contribution in [1.82, 2.24) is 4.57 Å². The fraction of sp³-hybridized carbons (Fsp3) is 0.158. The Balaban J connectivity index is 1.87. The van der Waals surface area contributed by atoms with Gasteiger partial charge in [-0.05, 0) is 37.1 Å². The van der Waals surface area contributed by atoms with Gasteiger partial charge in [0.2, 0.25) is 0 Å². The predicted molar refractivity (Wildman–Crippen MR) is 89.4 cm³/mol. The van der Waals surface area contributed by atoms with E-state index in [1.165, 1.54) is 4.57 Å². The zero-order chi connectivity index (χ0) is 16.4. The molecule has 0 radical (unpaired) electrons. The first-order valence-corrected chi connectivity index (χ1v) is 7.39. The van der Waals surface area contributed by atoms with E-state index in [0.717, 1.165) is 22.8 Å². The molecule has 0 aliphatic heterocycles. The maximum atomic E-state index is 12.5. The third-order valence-electron chi connectivity index (χ3n) is 4.04. The van der Waals surface area contributed by atoms with Gasteiger partial charge in [-0.25, -0.2) is 0 Å². The van der Waals surface area contributed by atoms with Crippen molar-refractivity contribution < 1.29 is 14.3 Å². The number of para-hydroxylation sites is 1. The first-order chi connectivity index (χ1) is 11.1. The van der Waals surface area contributed by atoms with Crippen molar-refractivity contribution in [3.8, 4) is 5.75 Å². The zero-order valence-electron chi connectivity index (χ0n) is 13.1. The van der Waals surface area contributed by atoms with Crippen LogP contribution in [0.15, 0.2) is 48.7 Å². The topological polar surface area (TPSA) is 48.3 Å². The van der Waals surface area contributed by atoms with Crippen LogP contribution in [0, 0.1) is 13.8 Å². The fourth-order valence-electron chi connectivity index (χ4n) is 2.60. The summed E-state index contributed by atoms with van der Waals surface area (Å²) >= 11 is 0. The first-order valence-electron chi connectivity index (χ1n) is 7.39. The molecule has 23 heavy (non-hydrogen) atoms. The molecule has 3 rings (SSSR count). The van der Waals surface area contributed by atoms with Crippen LogP contribution in [0.4, 0.5) is 0 Å². The van der Waals surface area contributed by atoms with Crippen molar-refractivity contribution >= 4 is 23.1 Å². The number of nitrogens with zero attached hydrogens (tertiary/aromatic N) is 1. The number of aryl methyl sites for hydroxylation is 1. The van der Waals surface area contributed by atoms with Gasteiger partial charge in [0.1, 0.15) is 5.75 Å². The van der Waals surface area contributed by atoms with Crippen LogP contribution in [0.25, 0.3) is 10.9 Å². The van der Waals surface area contributed by atoms with Gasteiger partial charge < -0.3 is 4.74 Å². The monoisotopic (exact) mass is 307 g/mol. The number of rotatable bonds is 4. The minimum atomic E-state index is -0.213. The Bertz CT molecular complexity index is 893. The average Bonchev–Trinajstić information content (AvgIpc) is 2.95. The Kier molecular flexibility index (Phi) is 3.98. The Hall–Kier alpha value is -2.88. The molecule has 4 heteroatoms. The van der Waals surface area contributed by atoms with E-state index in [0.29, 0.717) is 16.8 Å². The van der Waals surface area contributed by atoms with E-state index in [2.05, 4.69) is 0 Å². The maximum Gasteiger partial charge on any atom is 0.269 e. The maximum absolute atomic E-state index is 12.5. The van der Waals surface area contributed by atoms with Gasteiger partial charge in [0.25, 0.3) is 5.91 Å². The fourth-order valence-corrected chi connectivity index (χ4v) is 2.60. The Morgan fingerprint density at radius 3 is 2.70 bits per heavy atom. The average molecular weight is 307 g/mol. The van der Waals surface area contributed by atoms with E-state index in [-0.39, 0.29) is 12.5 Å². The summed E-state index contributed by atoms with van der Waals surface area (Å²) in [5.41, 5.74) is 3.35. The molecule has 0 aliphatic carbocycles. The molecule has 0 saturated carbocycles. The van der Waals surface area contributed by atoms with E-state index in [9.17, 15) is 9.59 Å². The van der Waals surface area contributed by atoms with Gasteiger partial charge in [0, 0.05) is 17.1 Å². The molecular weight excluding hydrogens is 290 g/mol. The Morgan fingerprint density at radius 2 is 1.91 bits per heavy atom. The molecule has 2 aromatic carbocycles. The number of carbonyl (C=O) groups is 2. The molecule has 0 atom stereocenters. The Morgan fingerprint density at radius 1 is 1.13 bits per heavy atom. The van der Waals surface area contributed by atoms with Gasteiger partial charge in [0.15, 0.2) is 12.9 Å². The van der Waals surface area contributed by atoms with E-state index >= 15 is 0 Å². The molecule has 0 saturated heterocycles. The minimum absolute atomic E-state index is 0.0821. The van der Waals surface area contributed by atoms with Gasteiger partial charge in [0.05, 0.1) is 5.52 Å². The summed E-state index contributed by atoms with van der Waals surface area (Å²) in [4.78, 5) is 23.6. The quantitative estimate of drug-likeness (QED) is 0.689. The highest BCUT2D eigenvalue weighted by molar-refractivity contribution is 6.02. The highest BCUT2D eigenvalue weighted by atomic mass is 16.5. The largest absolute Gasteiger partial charge is 0.483 e. The summed E-state index contributed by atoms with van der Waals surface area (Å²) in [6, 6.07) is 13.1. The van der Waals surface area contributed by atoms with Gasteiger partial charge in [-0.3, -0.25) is 14.2 Å². The molecule has 116 valence electrons. The number of hydrogen-bond acceptors (Lipinski definition) is 3. The number of fused-ring (bicyclic) bond motifs is 1. The lowest BCUT2D eigenvalue weighted by Gasteiger charge is -2.11. The molecule has 0 fully saturated rings. The highest BCUT2D eigenvalue weighted by Crippen LogP contribution is 2.22. The number of carbonyl (C=O) groups excluding carboxylic acids is 2. The van der Waals surface area contributed by atoms with Gasteiger partial charge >= 0.3 is 0 Å². The normalized spacial score (nSPS) is 10.7. The molecule has 1 aromatic heterocycles. The van der Waals surface area contributed by atoms with Crippen LogP contribution in [0.5, 0.6) is 5.75 Å². The van der Waals surface area contributed by atoms with Gasteiger partial charge in [-0.15, -0.1) is 0 Å². The molecule has 0 N–H and O–H groups in total. The highest BCUT2D eigenvalue weighted by Gasteiger charge is 2.14. The number of benzene rings is 2. The molecule has 0 amide bonds. The molecular formula is C19H17NO3. The lowest BCUT2D eigenvalue weighted by atomic mass is 10.1. The third-order valence-corrected chi connectivity index (χ3v) is 4.04. The van der Waals surface area contributed by atoms with Crippen LogP contribution in [0.3, 0.4) is 0 Å². The lowest BCUT2D eigenvalue weighted by Crippen LogP contribution is -2.18. The second-order valence-corrected chi connectivity index (χ2v) is 5.47. The van der Waals surface area contributed by atoms with Crippen LogP contribution in [0.1, 0.15) is 26.3 Å². The summed E-state index contributed by atoms with van der Waals surface area (Å²) in [6.45, 7) is 3.88. The molecule has 0 spiro atoms. The van der Waals surface area contributed by atoms with Crippen molar-refractivity contribution in [3.63, 3.8) is 0 Å². The summed E-state index contributed by atoms with van der Waals surface area (Å²) in [7, 11) is 0. The number of aromatic nitrogens is 1. The van der Waals surface area contributed by atoms with Crippen LogP contribution >= 0.6 is 0 Å². The number of hydrogen-bond donors (Lipinski definition) is 0. The third kappa shape index (κ3) is 2.75. The van der Waals surface area contributed by atoms with Crippen molar-refractivity contribution in [2.45, 2.75) is 13.8 Å². The smallest absolute Gasteiger partial charge is 0.269 e. The van der Waals surface area contributed by atoms with Crippen molar-refractivity contribution in [2.24, 2.45) is 0 Å². The number of ether oxygens (including phenoxy) is 1. The summed E-state index contributed by atoms with van der Waals surface area (Å²) in [6.07, 6.45) is 2.32. The summed E-state index contributed by atoms with van der Waals surface area (Å²) < 4.78 is 7.14. The van der Waals surface area contributed by atoms with Crippen LogP contribution < -0.4 is 4.74 Å². The van der Waals surface area contributed by atoms with Crippen LogP contribution in [-0.4, -0.2) is 23.4 Å². The second-order valence-electron chi connectivity index (χ2n) is 5.47. The van der Waals surface area contributed by atoms with Crippen molar-refractivity contribution in [2.75, 3.05) is 6.61 Å². The van der Waals surface area contributed by atoms with Crippen molar-refractivity contribution in [3.05, 3.63) is 65.4 Å². The minimum Gasteiger partial charge on any atom is -0.483 e. The van der Waals surface area contributed by atoms with Crippen LogP contribution in [-0.2, 0) is 0 Å². The van der Waals surface area contributed by atoms with E-state index in [4.69, 9.17) is 4.74 Å². The molecule has 0 aliphatic rings. The second kappa shape index (κ2) is 6.08. The number of aldehydes is 1. The first kappa shape index (κ1) is 15.0. The Labute approximate surface area is 134 Å². The molecule has 0 bridgehead atoms. The van der Waals surface area contributed by atoms with E-state index in [1.54, 1.807) is 6.20 Å². The lowest BCUT2D eigenvalue weighted by molar-refractivity contribution is 0.0842. The molecule has 0 unspecified atom stereocenters. The van der Waals surface area contributed by atoms with Gasteiger partial charge in [-0.1, -0.05) is 30.3 Å². The standard InChI is InChI=1S/C19H17NO3/c1-13-6-5-9-18(14(13)2)23-12-19(22)20-10-15(11-21)16-7-3-4-8-17(16)20/h3-11H,12H2,1-2H3. The van der Waals surface area contributed by atoms with Crippen molar-refractivity contribution in [1.29, 1.82) is 0 Å². The molecule has 1 heterocycles. The summed E-state index contributed by atoms with van der Waals surface area (Å²) in [5, 5.41) is 0.766. The zero-order valence-corrected chi connectivity index (χ0v) is 13.1. The SMILES string of the molecule is Cc1cccc(OCC(=O)n2cc(C=O)c3ccccc32)c1C. The predicted octanol–water partition coefficient (Wildman–Crippen LogP) is 3.79.